The van der Waals surface area contributed by atoms with Crippen molar-refractivity contribution >= 4 is 61.1 Å². The Morgan fingerprint density at radius 1 is 0.311 bits per heavy atom. The number of para-hydroxylation sites is 3. The third kappa shape index (κ3) is 6.88. The maximum absolute atomic E-state index is 6.42. The van der Waals surface area contributed by atoms with Gasteiger partial charge in [0.1, 0.15) is 11.2 Å². The molecule has 0 saturated carbocycles. The van der Waals surface area contributed by atoms with Gasteiger partial charge in [0.05, 0.1) is 0 Å². The van der Waals surface area contributed by atoms with E-state index in [1.54, 1.807) is 0 Å². The number of nitrogens with zero attached hydrogens (tertiary/aromatic N) is 1. The predicted molar refractivity (Wildman–Crippen MR) is 257 cm³/mol. The fraction of sp³-hybridized carbons (Fsp3) is 0. The van der Waals surface area contributed by atoms with E-state index in [0.29, 0.717) is 0 Å². The summed E-state index contributed by atoms with van der Waals surface area (Å²) in [7, 11) is 0. The molecule has 0 spiro atoms. The Morgan fingerprint density at radius 2 is 0.787 bits per heavy atom. The molecule has 288 valence electrons. The summed E-state index contributed by atoms with van der Waals surface area (Å²) in [6.07, 6.45) is 0. The fourth-order valence-corrected chi connectivity index (χ4v) is 8.64. The normalized spacial score (nSPS) is 11.3. The largest absolute Gasteiger partial charge is 0.455 e. The van der Waals surface area contributed by atoms with Crippen molar-refractivity contribution in [2.24, 2.45) is 0 Å². The molecule has 0 aliphatic carbocycles. The first-order valence-corrected chi connectivity index (χ1v) is 20.7. The van der Waals surface area contributed by atoms with Crippen molar-refractivity contribution in [2.75, 3.05) is 10.2 Å². The zero-order chi connectivity index (χ0) is 40.5. The van der Waals surface area contributed by atoms with Crippen LogP contribution in [0.3, 0.4) is 0 Å². The molecular weight excluding hydrogens is 741 g/mol. The number of rotatable bonds is 9. The minimum atomic E-state index is 0.903. The summed E-state index contributed by atoms with van der Waals surface area (Å²) in [6.45, 7) is 0. The maximum Gasteiger partial charge on any atom is 0.143 e. The minimum Gasteiger partial charge on any atom is -0.455 e. The zero-order valence-electron chi connectivity index (χ0n) is 33.4. The smallest absolute Gasteiger partial charge is 0.143 e. The van der Waals surface area contributed by atoms with Crippen LogP contribution in [0.1, 0.15) is 0 Å². The molecule has 0 bridgehead atoms. The van der Waals surface area contributed by atoms with E-state index in [1.165, 1.54) is 33.0 Å². The summed E-state index contributed by atoms with van der Waals surface area (Å²) >= 11 is 0. The molecule has 0 unspecified atom stereocenters. The van der Waals surface area contributed by atoms with Crippen molar-refractivity contribution in [1.29, 1.82) is 0 Å². The lowest BCUT2D eigenvalue weighted by atomic mass is 9.98. The molecule has 0 atom stereocenters. The van der Waals surface area contributed by atoms with Crippen LogP contribution in [0.4, 0.5) is 28.4 Å². The van der Waals surface area contributed by atoms with Crippen LogP contribution in [-0.2, 0) is 0 Å². The monoisotopic (exact) mass is 780 g/mol. The molecule has 1 N–H and O–H groups in total. The van der Waals surface area contributed by atoms with Crippen molar-refractivity contribution in [3.8, 4) is 44.5 Å². The predicted octanol–water partition coefficient (Wildman–Crippen LogP) is 16.6. The highest BCUT2D eigenvalue weighted by Gasteiger charge is 2.16. The third-order valence-electron chi connectivity index (χ3n) is 11.7. The Morgan fingerprint density at radius 3 is 1.51 bits per heavy atom. The molecule has 0 aliphatic heterocycles. The second-order valence-corrected chi connectivity index (χ2v) is 15.4. The molecule has 11 rings (SSSR count). The van der Waals surface area contributed by atoms with Crippen LogP contribution < -0.4 is 10.2 Å². The topological polar surface area (TPSA) is 28.4 Å². The molecule has 1 heterocycles. The van der Waals surface area contributed by atoms with Crippen LogP contribution >= 0.6 is 0 Å². The van der Waals surface area contributed by atoms with Gasteiger partial charge in [0.25, 0.3) is 0 Å². The molecule has 3 nitrogen and oxygen atoms in total. The lowest BCUT2D eigenvalue weighted by Gasteiger charge is -2.26. The van der Waals surface area contributed by atoms with Gasteiger partial charge in [0.15, 0.2) is 0 Å². The first-order valence-electron chi connectivity index (χ1n) is 20.7. The van der Waals surface area contributed by atoms with Gasteiger partial charge in [0.2, 0.25) is 0 Å². The maximum atomic E-state index is 6.42. The molecule has 10 aromatic carbocycles. The molecular formula is C58H40N2O. The lowest BCUT2D eigenvalue weighted by molar-refractivity contribution is 0.670. The van der Waals surface area contributed by atoms with Crippen LogP contribution in [0.15, 0.2) is 241 Å². The quantitative estimate of drug-likeness (QED) is 0.158. The first kappa shape index (κ1) is 36.0. The van der Waals surface area contributed by atoms with Gasteiger partial charge < -0.3 is 14.6 Å². The van der Waals surface area contributed by atoms with Gasteiger partial charge in [-0.3, -0.25) is 0 Å². The molecule has 0 fully saturated rings. The van der Waals surface area contributed by atoms with E-state index in [2.05, 4.69) is 235 Å². The highest BCUT2D eigenvalue weighted by molar-refractivity contribution is 6.09. The van der Waals surface area contributed by atoms with Crippen LogP contribution in [0.5, 0.6) is 0 Å². The second kappa shape index (κ2) is 15.6. The fourth-order valence-electron chi connectivity index (χ4n) is 8.64. The highest BCUT2D eigenvalue weighted by atomic mass is 16.3. The minimum absolute atomic E-state index is 0.903. The summed E-state index contributed by atoms with van der Waals surface area (Å²) in [4.78, 5) is 2.33. The van der Waals surface area contributed by atoms with Gasteiger partial charge in [-0.15, -0.1) is 0 Å². The third-order valence-corrected chi connectivity index (χ3v) is 11.7. The van der Waals surface area contributed by atoms with Crippen molar-refractivity contribution in [1.82, 2.24) is 0 Å². The standard InChI is InChI=1S/C58H40N2O/c1-2-12-43(13-3-1)52-17-6-8-22-56(52)59-46-32-24-40(25-33-46)41-26-34-47(35-27-41)60(48-36-28-44(29-37-48)51-19-10-15-42-14-4-5-16-50(42)51)49-38-30-45(31-39-49)53-20-11-21-55-54-18-7-9-23-57(54)61-58(53)55/h1-39,59H. The SMILES string of the molecule is c1ccc(-c2ccccc2Nc2ccc(-c3ccc(N(c4ccc(-c5cccc6ccccc56)cc4)c4ccc(-c5cccc6c5oc5ccccc56)cc4)cc3)cc2)cc1. The molecule has 0 radical (unpaired) electrons. The van der Waals surface area contributed by atoms with Crippen LogP contribution in [0.2, 0.25) is 0 Å². The van der Waals surface area contributed by atoms with E-state index >= 15 is 0 Å². The van der Waals surface area contributed by atoms with E-state index in [4.69, 9.17) is 4.42 Å². The lowest BCUT2D eigenvalue weighted by Crippen LogP contribution is -2.09. The summed E-state index contributed by atoms with van der Waals surface area (Å²) in [5.74, 6) is 0. The van der Waals surface area contributed by atoms with Gasteiger partial charge >= 0.3 is 0 Å². The number of furan rings is 1. The molecule has 1 aromatic heterocycles. The Bertz CT molecular complexity index is 3290. The number of fused-ring (bicyclic) bond motifs is 4. The zero-order valence-corrected chi connectivity index (χ0v) is 33.4. The molecule has 61 heavy (non-hydrogen) atoms. The van der Waals surface area contributed by atoms with Crippen LogP contribution in [0.25, 0.3) is 77.2 Å². The second-order valence-electron chi connectivity index (χ2n) is 15.4. The van der Waals surface area contributed by atoms with Gasteiger partial charge in [-0.25, -0.2) is 0 Å². The Labute approximate surface area is 355 Å². The summed E-state index contributed by atoms with van der Waals surface area (Å²) < 4.78 is 6.42. The van der Waals surface area contributed by atoms with Gasteiger partial charge in [-0.2, -0.15) is 0 Å². The van der Waals surface area contributed by atoms with Crippen LogP contribution in [0, 0.1) is 0 Å². The van der Waals surface area contributed by atoms with Gasteiger partial charge in [-0.1, -0.05) is 176 Å². The van der Waals surface area contributed by atoms with Gasteiger partial charge in [-0.05, 0) is 105 Å². The molecule has 0 aliphatic rings. The highest BCUT2D eigenvalue weighted by Crippen LogP contribution is 2.41. The average Bonchev–Trinajstić information content (AvgIpc) is 3.72. The summed E-state index contributed by atoms with van der Waals surface area (Å²) in [5.41, 5.74) is 16.4. The Kier molecular flexibility index (Phi) is 9.18. The molecule has 11 aromatic rings. The summed E-state index contributed by atoms with van der Waals surface area (Å²) in [6, 6.07) is 84.1. The Balaban J connectivity index is 0.920. The number of nitrogens with one attached hydrogen (secondary N) is 1. The molecule has 3 heteroatoms. The van der Waals surface area contributed by atoms with E-state index in [9.17, 15) is 0 Å². The van der Waals surface area contributed by atoms with E-state index in [0.717, 1.165) is 72.6 Å². The number of benzene rings is 10. The van der Waals surface area contributed by atoms with Gasteiger partial charge in [0, 0.05) is 50.3 Å². The number of hydrogen-bond donors (Lipinski definition) is 1. The average molecular weight is 781 g/mol. The number of anilines is 5. The summed E-state index contributed by atoms with van der Waals surface area (Å²) in [5, 5.41) is 8.40. The van der Waals surface area contributed by atoms with Crippen LogP contribution in [-0.4, -0.2) is 0 Å². The van der Waals surface area contributed by atoms with E-state index < -0.39 is 0 Å². The number of hydrogen-bond acceptors (Lipinski definition) is 3. The molecule has 0 amide bonds. The van der Waals surface area contributed by atoms with Crippen molar-refractivity contribution < 1.29 is 4.42 Å². The van der Waals surface area contributed by atoms with E-state index in [1.807, 2.05) is 12.1 Å². The Hall–Kier alpha value is -8.14. The molecule has 0 saturated heterocycles. The van der Waals surface area contributed by atoms with Crippen molar-refractivity contribution in [3.63, 3.8) is 0 Å². The van der Waals surface area contributed by atoms with Crippen molar-refractivity contribution in [2.45, 2.75) is 0 Å². The van der Waals surface area contributed by atoms with E-state index in [-0.39, 0.29) is 0 Å². The van der Waals surface area contributed by atoms with Crippen molar-refractivity contribution in [3.05, 3.63) is 237 Å². The first-order chi connectivity index (χ1) is 30.2.